The summed E-state index contributed by atoms with van der Waals surface area (Å²) in [4.78, 5) is 0.165. The fourth-order valence-electron chi connectivity index (χ4n) is 2.92. The summed E-state index contributed by atoms with van der Waals surface area (Å²) in [6, 6.07) is 6.42. The van der Waals surface area contributed by atoms with Crippen molar-refractivity contribution in [2.24, 2.45) is 11.7 Å². The van der Waals surface area contributed by atoms with Crippen LogP contribution in [0.2, 0.25) is 0 Å². The third-order valence-corrected chi connectivity index (χ3v) is 5.77. The van der Waals surface area contributed by atoms with Gasteiger partial charge in [0.25, 0.3) is 0 Å². The van der Waals surface area contributed by atoms with Gasteiger partial charge in [0.1, 0.15) is 0 Å². The maximum absolute atomic E-state index is 12.6. The lowest BCUT2D eigenvalue weighted by Crippen LogP contribution is -2.44. The largest absolute Gasteiger partial charge is 0.329 e. The van der Waals surface area contributed by atoms with Crippen LogP contribution in [0.4, 0.5) is 0 Å². The van der Waals surface area contributed by atoms with Gasteiger partial charge in [0.2, 0.25) is 10.0 Å². The number of benzene rings is 1. The van der Waals surface area contributed by atoms with Crippen LogP contribution in [-0.2, 0) is 10.0 Å². The molecule has 1 aliphatic rings. The van der Waals surface area contributed by atoms with Crippen LogP contribution in [0.1, 0.15) is 36.8 Å². The highest BCUT2D eigenvalue weighted by Crippen LogP contribution is 2.28. The fraction of sp³-hybridized carbons (Fsp3) is 0.533. The molecular weight excluding hydrogens is 322 g/mol. The van der Waals surface area contributed by atoms with Gasteiger partial charge < -0.3 is 5.73 Å². The zero-order valence-electron chi connectivity index (χ0n) is 12.6. The standard InChI is InChI=1S/C15H21N3O2S.ClH/c1-11-6-7-12(9-16)8-15(11)21(19,20)18-14(10-17)13-4-2-3-5-13;/h6-8,13-14,18H,2-5,10,17H2,1H3;1H. The molecule has 0 saturated heterocycles. The van der Waals surface area contributed by atoms with Gasteiger partial charge in [0.05, 0.1) is 16.5 Å². The van der Waals surface area contributed by atoms with Crippen LogP contribution in [-0.4, -0.2) is 21.0 Å². The van der Waals surface area contributed by atoms with Crippen molar-refractivity contribution in [1.82, 2.24) is 4.72 Å². The van der Waals surface area contributed by atoms with Gasteiger partial charge in [0, 0.05) is 12.6 Å². The summed E-state index contributed by atoms with van der Waals surface area (Å²) in [5, 5.41) is 8.93. The molecule has 1 saturated carbocycles. The summed E-state index contributed by atoms with van der Waals surface area (Å²) in [5.74, 6) is 0.309. The average Bonchev–Trinajstić information content (AvgIpc) is 2.99. The molecule has 1 aromatic rings. The van der Waals surface area contributed by atoms with Gasteiger partial charge in [-0.3, -0.25) is 0 Å². The molecule has 1 fully saturated rings. The summed E-state index contributed by atoms with van der Waals surface area (Å²) in [6.07, 6.45) is 4.29. The third-order valence-electron chi connectivity index (χ3n) is 4.14. The number of nitrogens with zero attached hydrogens (tertiary/aromatic N) is 1. The molecule has 0 bridgehead atoms. The van der Waals surface area contributed by atoms with Crippen molar-refractivity contribution < 1.29 is 8.42 Å². The lowest BCUT2D eigenvalue weighted by atomic mass is 9.99. The van der Waals surface area contributed by atoms with Crippen LogP contribution in [0.3, 0.4) is 0 Å². The summed E-state index contributed by atoms with van der Waals surface area (Å²) in [6.45, 7) is 2.02. The van der Waals surface area contributed by atoms with Crippen LogP contribution in [0.5, 0.6) is 0 Å². The first-order valence-corrected chi connectivity index (χ1v) is 8.69. The molecule has 122 valence electrons. The van der Waals surface area contributed by atoms with Crippen LogP contribution in [0.25, 0.3) is 0 Å². The normalized spacial score (nSPS) is 16.8. The lowest BCUT2D eigenvalue weighted by molar-refractivity contribution is 0.405. The van der Waals surface area contributed by atoms with Gasteiger partial charge in [-0.25, -0.2) is 13.1 Å². The highest BCUT2D eigenvalue weighted by Gasteiger charge is 2.29. The number of halogens is 1. The highest BCUT2D eigenvalue weighted by atomic mass is 35.5. The molecule has 0 aromatic heterocycles. The Morgan fingerprint density at radius 2 is 2.05 bits per heavy atom. The van der Waals surface area contributed by atoms with E-state index in [-0.39, 0.29) is 23.3 Å². The summed E-state index contributed by atoms with van der Waals surface area (Å²) < 4.78 is 27.9. The quantitative estimate of drug-likeness (QED) is 0.855. The SMILES string of the molecule is Cc1ccc(C#N)cc1S(=O)(=O)NC(CN)C1CCCC1.Cl. The molecule has 0 spiro atoms. The minimum absolute atomic E-state index is 0. The second-order valence-corrected chi connectivity index (χ2v) is 7.28. The van der Waals surface area contributed by atoms with E-state index in [4.69, 9.17) is 11.0 Å². The van der Waals surface area contributed by atoms with Crippen LogP contribution < -0.4 is 10.5 Å². The Balaban J connectivity index is 0.00000242. The molecule has 5 nitrogen and oxygen atoms in total. The Labute approximate surface area is 138 Å². The Hall–Kier alpha value is -1.13. The number of nitriles is 1. The Bertz CT molecular complexity index is 649. The molecule has 1 atom stereocenters. The lowest BCUT2D eigenvalue weighted by Gasteiger charge is -2.23. The highest BCUT2D eigenvalue weighted by molar-refractivity contribution is 7.89. The monoisotopic (exact) mass is 343 g/mol. The minimum Gasteiger partial charge on any atom is -0.329 e. The molecular formula is C15H22ClN3O2S. The zero-order valence-corrected chi connectivity index (χ0v) is 14.2. The molecule has 0 radical (unpaired) electrons. The van der Waals surface area contributed by atoms with Crippen LogP contribution in [0.15, 0.2) is 23.1 Å². The maximum Gasteiger partial charge on any atom is 0.241 e. The minimum atomic E-state index is -3.65. The zero-order chi connectivity index (χ0) is 15.5. The number of aryl methyl sites for hydroxylation is 1. The number of hydrogen-bond acceptors (Lipinski definition) is 4. The van der Waals surface area contributed by atoms with Gasteiger partial charge in [-0.1, -0.05) is 18.9 Å². The van der Waals surface area contributed by atoms with Crippen molar-refractivity contribution in [2.75, 3.05) is 6.54 Å². The number of nitrogens with one attached hydrogen (secondary N) is 1. The predicted octanol–water partition coefficient (Wildman–Crippen LogP) is 2.08. The second kappa shape index (κ2) is 7.93. The van der Waals surface area contributed by atoms with Gasteiger partial charge in [-0.15, -0.1) is 12.4 Å². The summed E-state index contributed by atoms with van der Waals surface area (Å²) in [7, 11) is -3.65. The van der Waals surface area contributed by atoms with Gasteiger partial charge in [-0.2, -0.15) is 5.26 Å². The summed E-state index contributed by atoms with van der Waals surface area (Å²) >= 11 is 0. The predicted molar refractivity (Wildman–Crippen MR) is 88.3 cm³/mol. The maximum atomic E-state index is 12.6. The number of rotatable bonds is 5. The molecule has 1 unspecified atom stereocenters. The van der Waals surface area contributed by atoms with Gasteiger partial charge in [0.15, 0.2) is 0 Å². The van der Waals surface area contributed by atoms with Crippen molar-refractivity contribution >= 4 is 22.4 Å². The van der Waals surface area contributed by atoms with Crippen LogP contribution in [0, 0.1) is 24.2 Å². The second-order valence-electron chi connectivity index (χ2n) is 5.60. The van der Waals surface area contributed by atoms with Gasteiger partial charge in [-0.05, 0) is 43.4 Å². The van der Waals surface area contributed by atoms with E-state index in [0.29, 0.717) is 23.6 Å². The van der Waals surface area contributed by atoms with E-state index in [9.17, 15) is 8.42 Å². The molecule has 2 rings (SSSR count). The topological polar surface area (TPSA) is 96.0 Å². The van der Waals surface area contributed by atoms with Crippen molar-refractivity contribution in [2.45, 2.75) is 43.5 Å². The van der Waals surface area contributed by atoms with E-state index < -0.39 is 10.0 Å². The Morgan fingerprint density at radius 3 is 2.59 bits per heavy atom. The van der Waals surface area contributed by atoms with Crippen molar-refractivity contribution in [3.05, 3.63) is 29.3 Å². The fourth-order valence-corrected chi connectivity index (χ4v) is 4.51. The molecule has 0 aliphatic heterocycles. The van der Waals surface area contributed by atoms with E-state index in [0.717, 1.165) is 25.7 Å². The van der Waals surface area contributed by atoms with E-state index in [1.165, 1.54) is 6.07 Å². The van der Waals surface area contributed by atoms with E-state index in [1.54, 1.807) is 19.1 Å². The van der Waals surface area contributed by atoms with Crippen molar-refractivity contribution in [3.8, 4) is 6.07 Å². The Morgan fingerprint density at radius 1 is 1.41 bits per heavy atom. The first-order valence-electron chi connectivity index (χ1n) is 7.21. The Kier molecular flexibility index (Phi) is 6.82. The van der Waals surface area contributed by atoms with Gasteiger partial charge >= 0.3 is 0 Å². The van der Waals surface area contributed by atoms with E-state index in [2.05, 4.69) is 4.72 Å². The number of nitrogens with two attached hydrogens (primary N) is 1. The average molecular weight is 344 g/mol. The smallest absolute Gasteiger partial charge is 0.241 e. The summed E-state index contributed by atoms with van der Waals surface area (Å²) in [5.41, 5.74) is 6.72. The van der Waals surface area contributed by atoms with Crippen molar-refractivity contribution in [1.29, 1.82) is 5.26 Å². The van der Waals surface area contributed by atoms with E-state index in [1.807, 2.05) is 6.07 Å². The first-order chi connectivity index (χ1) is 9.97. The molecule has 1 aromatic carbocycles. The number of hydrogen-bond donors (Lipinski definition) is 2. The molecule has 7 heteroatoms. The van der Waals surface area contributed by atoms with E-state index >= 15 is 0 Å². The molecule has 0 heterocycles. The molecule has 1 aliphatic carbocycles. The molecule has 22 heavy (non-hydrogen) atoms. The van der Waals surface area contributed by atoms with Crippen molar-refractivity contribution in [3.63, 3.8) is 0 Å². The first kappa shape index (κ1) is 18.9. The number of sulfonamides is 1. The molecule has 3 N–H and O–H groups in total. The molecule has 0 amide bonds. The van der Waals surface area contributed by atoms with Crippen LogP contribution >= 0.6 is 12.4 Å². The third kappa shape index (κ3) is 4.20.